The Kier molecular flexibility index (Phi) is 11.3. The third-order valence-electron chi connectivity index (χ3n) is 11.8. The molecule has 1 aromatic heterocycles. The third-order valence-corrected chi connectivity index (χ3v) is 13.1. The van der Waals surface area contributed by atoms with Crippen molar-refractivity contribution in [2.45, 2.75) is 75.7 Å². The van der Waals surface area contributed by atoms with Gasteiger partial charge in [-0.1, -0.05) is 12.1 Å². The van der Waals surface area contributed by atoms with Gasteiger partial charge >= 0.3 is 0 Å². The number of rotatable bonds is 11. The Morgan fingerprint density at radius 2 is 1.47 bits per heavy atom. The number of aromatic nitrogens is 1. The number of piperidine rings is 2. The lowest BCUT2D eigenvalue weighted by molar-refractivity contribution is 0.0922. The molecule has 0 saturated carbocycles. The van der Waals surface area contributed by atoms with E-state index in [2.05, 4.69) is 62.0 Å². The number of primary amides is 1. The van der Waals surface area contributed by atoms with Crippen LogP contribution in [-0.4, -0.2) is 117 Å². The molecule has 0 spiro atoms. The van der Waals surface area contributed by atoms with E-state index < -0.39 is 15.9 Å². The fourth-order valence-corrected chi connectivity index (χ4v) is 9.46. The molecule has 3 amide bonds. The lowest BCUT2D eigenvalue weighted by Crippen LogP contribution is -2.50. The van der Waals surface area contributed by atoms with Crippen LogP contribution in [0.4, 0.5) is 17.2 Å². The fourth-order valence-electron chi connectivity index (χ4n) is 8.58. The maximum atomic E-state index is 13.5. The lowest BCUT2D eigenvalue weighted by Gasteiger charge is -2.40. The molecule has 0 radical (unpaired) electrons. The molecule has 14 nitrogen and oxygen atoms in total. The van der Waals surface area contributed by atoms with E-state index in [1.54, 1.807) is 24.4 Å². The summed E-state index contributed by atoms with van der Waals surface area (Å²) < 4.78 is 25.3. The molecule has 4 fully saturated rings. The predicted molar refractivity (Wildman–Crippen MR) is 214 cm³/mol. The Morgan fingerprint density at radius 3 is 2.07 bits per heavy atom. The van der Waals surface area contributed by atoms with Crippen LogP contribution in [0.25, 0.3) is 0 Å². The van der Waals surface area contributed by atoms with Crippen molar-refractivity contribution >= 4 is 44.9 Å². The molecule has 5 heterocycles. The highest BCUT2D eigenvalue weighted by Gasteiger charge is 2.42. The summed E-state index contributed by atoms with van der Waals surface area (Å²) in [6, 6.07) is 17.2. The van der Waals surface area contributed by atoms with Crippen LogP contribution in [0.15, 0.2) is 60.8 Å². The molecule has 7 rings (SSSR count). The smallest absolute Gasteiger partial charge is 0.253 e. The zero-order valence-electron chi connectivity index (χ0n) is 31.9. The number of anilines is 3. The summed E-state index contributed by atoms with van der Waals surface area (Å²) in [5, 5.41) is 9.69. The van der Waals surface area contributed by atoms with Gasteiger partial charge in [0.2, 0.25) is 10.0 Å². The zero-order chi connectivity index (χ0) is 38.9. The first-order valence-corrected chi connectivity index (χ1v) is 21.2. The zero-order valence-corrected chi connectivity index (χ0v) is 32.7. The van der Waals surface area contributed by atoms with Gasteiger partial charge in [-0.05, 0) is 101 Å². The minimum absolute atomic E-state index is 0.0315. The molecular formula is C40H53N9O5S. The van der Waals surface area contributed by atoms with E-state index in [0.717, 1.165) is 63.2 Å². The number of sulfonamides is 1. The molecule has 4 aliphatic rings. The summed E-state index contributed by atoms with van der Waals surface area (Å²) in [4.78, 5) is 50.8. The van der Waals surface area contributed by atoms with Gasteiger partial charge in [0.05, 0.1) is 23.4 Å². The van der Waals surface area contributed by atoms with E-state index in [0.29, 0.717) is 42.7 Å². The van der Waals surface area contributed by atoms with Crippen LogP contribution in [0.3, 0.4) is 0 Å². The van der Waals surface area contributed by atoms with Gasteiger partial charge in [0.25, 0.3) is 17.7 Å². The van der Waals surface area contributed by atoms with Crippen molar-refractivity contribution in [2.24, 2.45) is 5.73 Å². The first kappa shape index (κ1) is 38.5. The number of hydrogen-bond acceptors (Lipinski definition) is 10. The Labute approximate surface area is 323 Å². The summed E-state index contributed by atoms with van der Waals surface area (Å²) in [6.45, 7) is 6.88. The van der Waals surface area contributed by atoms with Crippen LogP contribution < -0.4 is 31.5 Å². The molecule has 15 heteroatoms. The van der Waals surface area contributed by atoms with E-state index in [1.807, 2.05) is 19.1 Å². The summed E-state index contributed by atoms with van der Waals surface area (Å²) >= 11 is 0. The van der Waals surface area contributed by atoms with Gasteiger partial charge < -0.3 is 36.4 Å². The Bertz CT molecular complexity index is 1960. The average Bonchev–Trinajstić information content (AvgIpc) is 3.44. The Hall–Kier alpha value is -4.73. The highest BCUT2D eigenvalue weighted by molar-refractivity contribution is 7.88. The second-order valence-electron chi connectivity index (χ2n) is 15.6. The molecule has 3 aromatic rings. The van der Waals surface area contributed by atoms with Crippen molar-refractivity contribution in [1.29, 1.82) is 0 Å². The number of likely N-dealkylation sites (N-methyl/N-ethyl adjacent to an activating group) is 1. The van der Waals surface area contributed by atoms with Gasteiger partial charge in [0, 0.05) is 86.6 Å². The monoisotopic (exact) mass is 771 g/mol. The average molecular weight is 772 g/mol. The van der Waals surface area contributed by atoms with Gasteiger partial charge in [-0.3, -0.25) is 14.4 Å². The predicted octanol–water partition coefficient (Wildman–Crippen LogP) is 3.19. The normalized spacial score (nSPS) is 22.9. The van der Waals surface area contributed by atoms with Gasteiger partial charge in [-0.2, -0.15) is 0 Å². The largest absolute Gasteiger partial charge is 0.382 e. The number of fused-ring (bicyclic) bond motifs is 2. The molecule has 4 atom stereocenters. The van der Waals surface area contributed by atoms with Crippen LogP contribution in [0, 0.1) is 0 Å². The molecule has 4 aliphatic heterocycles. The summed E-state index contributed by atoms with van der Waals surface area (Å²) in [7, 11) is -1.11. The third kappa shape index (κ3) is 8.89. The number of hydrogen-bond donors (Lipinski definition) is 4. The summed E-state index contributed by atoms with van der Waals surface area (Å²) in [6.07, 6.45) is 7.51. The van der Waals surface area contributed by atoms with Gasteiger partial charge in [0.1, 0.15) is 5.82 Å². The highest BCUT2D eigenvalue weighted by Crippen LogP contribution is 2.39. The highest BCUT2D eigenvalue weighted by atomic mass is 32.2. The number of nitrogens with one attached hydrogen (secondary N) is 3. The van der Waals surface area contributed by atoms with Gasteiger partial charge in [-0.15, -0.1) is 0 Å². The van der Waals surface area contributed by atoms with E-state index in [-0.39, 0.29) is 47.6 Å². The van der Waals surface area contributed by atoms with Crippen molar-refractivity contribution in [3.63, 3.8) is 0 Å². The van der Waals surface area contributed by atoms with Crippen LogP contribution in [0.5, 0.6) is 0 Å². The molecule has 4 saturated heterocycles. The number of carbonyl (C=O) groups is 3. The molecule has 5 N–H and O–H groups in total. The van der Waals surface area contributed by atoms with Crippen molar-refractivity contribution in [3.8, 4) is 0 Å². The number of nitrogens with two attached hydrogens (primary N) is 1. The van der Waals surface area contributed by atoms with Crippen molar-refractivity contribution in [3.05, 3.63) is 83.0 Å². The molecule has 294 valence electrons. The molecule has 0 unspecified atom stereocenters. The molecule has 2 bridgehead atoms. The standard InChI is InChI=1S/C40H53N9O5S/c1-26(27-4-8-32(9-5-27)47-20-18-46(2)19-21-47)43-40(52)29-7-13-37(42-25-29)49-33-10-11-34(49)24-31(23-33)45-39(51)28-6-12-35(38(41)50)36(22-28)44-30-14-16-48(17-15-30)55(3,53)54/h4-9,12-13,22,25-26,30-31,33-34,44H,10-11,14-21,23-24H2,1-3H3,(H2,41,50)(H,43,52)(H,45,51)/t26-,31-,33+,34-/m0/s1. The number of amides is 3. The number of carbonyl (C=O) groups excluding carboxylic acids is 3. The second-order valence-corrected chi connectivity index (χ2v) is 17.6. The Balaban J connectivity index is 0.926. The quantitative estimate of drug-likeness (QED) is 0.227. The first-order chi connectivity index (χ1) is 26.3. The summed E-state index contributed by atoms with van der Waals surface area (Å²) in [5.74, 6) is -0.163. The van der Waals surface area contributed by atoms with E-state index in [4.69, 9.17) is 10.7 Å². The number of benzene rings is 2. The summed E-state index contributed by atoms with van der Waals surface area (Å²) in [5.41, 5.74) is 9.60. The SMILES string of the molecule is C[C@H](NC(=O)c1ccc(N2[C@@H]3CC[C@H]2C[C@@H](NC(=O)c2ccc(C(N)=O)c(NC4CCN(S(C)(=O)=O)CC4)c2)C3)nc1)c1ccc(N2CCN(C)CC2)cc1. The van der Waals surface area contributed by atoms with Crippen LogP contribution in [0.1, 0.15) is 88.1 Å². The van der Waals surface area contributed by atoms with Gasteiger partial charge in [-0.25, -0.2) is 17.7 Å². The molecule has 55 heavy (non-hydrogen) atoms. The number of piperazine rings is 1. The minimum atomic E-state index is -3.26. The molecule has 0 aliphatic carbocycles. The van der Waals surface area contributed by atoms with E-state index in [1.165, 1.54) is 16.2 Å². The van der Waals surface area contributed by atoms with E-state index in [9.17, 15) is 22.8 Å². The fraction of sp³-hybridized carbons (Fsp3) is 0.500. The van der Waals surface area contributed by atoms with Crippen LogP contribution in [0.2, 0.25) is 0 Å². The second kappa shape index (κ2) is 16.2. The van der Waals surface area contributed by atoms with Crippen LogP contribution in [-0.2, 0) is 10.0 Å². The van der Waals surface area contributed by atoms with Crippen molar-refractivity contribution in [1.82, 2.24) is 24.8 Å². The maximum absolute atomic E-state index is 13.5. The minimum Gasteiger partial charge on any atom is -0.382 e. The van der Waals surface area contributed by atoms with Crippen molar-refractivity contribution in [2.75, 3.05) is 67.7 Å². The number of nitrogens with zero attached hydrogens (tertiary/aromatic N) is 5. The molecular weight excluding hydrogens is 719 g/mol. The number of pyridine rings is 1. The topological polar surface area (TPSA) is 173 Å². The first-order valence-electron chi connectivity index (χ1n) is 19.4. The lowest BCUT2D eigenvalue weighted by atomic mass is 9.96. The maximum Gasteiger partial charge on any atom is 0.253 e. The van der Waals surface area contributed by atoms with Crippen molar-refractivity contribution < 1.29 is 22.8 Å². The molecule has 2 aromatic carbocycles. The van der Waals surface area contributed by atoms with E-state index >= 15 is 0 Å². The van der Waals surface area contributed by atoms with Crippen LogP contribution >= 0.6 is 0 Å². The Morgan fingerprint density at radius 1 is 0.818 bits per heavy atom. The van der Waals surface area contributed by atoms with Gasteiger partial charge in [0.15, 0.2) is 0 Å².